The van der Waals surface area contributed by atoms with Crippen LogP contribution in [-0.4, -0.2) is 49.1 Å². The van der Waals surface area contributed by atoms with E-state index in [4.69, 9.17) is 13.9 Å². The molecule has 1 saturated heterocycles. The van der Waals surface area contributed by atoms with Gasteiger partial charge in [-0.2, -0.15) is 0 Å². The van der Waals surface area contributed by atoms with Crippen molar-refractivity contribution in [3.8, 4) is 0 Å². The molecule has 2 unspecified atom stereocenters. The number of hydrogen-bond donors (Lipinski definition) is 2. The summed E-state index contributed by atoms with van der Waals surface area (Å²) in [4.78, 5) is 39.3. The van der Waals surface area contributed by atoms with Gasteiger partial charge < -0.3 is 24.5 Å². The van der Waals surface area contributed by atoms with Gasteiger partial charge in [-0.15, -0.1) is 0 Å². The Kier molecular flexibility index (Phi) is 7.41. The second-order valence-corrected chi connectivity index (χ2v) is 7.84. The monoisotopic (exact) mass is 481 g/mol. The minimum Gasteiger partial charge on any atom is -0.459 e. The first kappa shape index (κ1) is 24.0. The van der Waals surface area contributed by atoms with E-state index >= 15 is 0 Å². The predicted octanol–water partition coefficient (Wildman–Crippen LogP) is 3.50. The van der Waals surface area contributed by atoms with Gasteiger partial charge in [0.05, 0.1) is 19.4 Å². The topological polar surface area (TPSA) is 110 Å². The van der Waals surface area contributed by atoms with Gasteiger partial charge in [0.25, 0.3) is 5.91 Å². The minimum absolute atomic E-state index is 0.00720. The van der Waals surface area contributed by atoms with Crippen LogP contribution in [0.3, 0.4) is 0 Å². The summed E-state index contributed by atoms with van der Waals surface area (Å²) in [6, 6.07) is 14.6. The Balaban J connectivity index is 1.55. The molecule has 3 amide bonds. The molecule has 1 aliphatic rings. The largest absolute Gasteiger partial charge is 0.459 e. The van der Waals surface area contributed by atoms with Gasteiger partial charge in [-0.05, 0) is 47.5 Å². The van der Waals surface area contributed by atoms with Gasteiger partial charge >= 0.3 is 6.09 Å². The number of cyclic esters (lactones) is 1. The number of hydrogen-bond acceptors (Lipinski definition) is 6. The van der Waals surface area contributed by atoms with E-state index in [-0.39, 0.29) is 18.8 Å². The molecule has 182 valence electrons. The number of halogens is 1. The average Bonchev–Trinajstić information content (AvgIpc) is 3.49. The highest BCUT2D eigenvalue weighted by molar-refractivity contribution is 6.02. The van der Waals surface area contributed by atoms with Crippen LogP contribution in [0.1, 0.15) is 27.8 Å². The molecule has 10 heteroatoms. The molecule has 1 aromatic heterocycles. The normalized spacial score (nSPS) is 17.2. The van der Waals surface area contributed by atoms with E-state index in [0.717, 1.165) is 0 Å². The van der Waals surface area contributed by atoms with E-state index in [2.05, 4.69) is 10.6 Å². The van der Waals surface area contributed by atoms with Crippen molar-refractivity contribution >= 4 is 23.6 Å². The number of amides is 3. The van der Waals surface area contributed by atoms with Crippen LogP contribution in [0.15, 0.2) is 71.3 Å². The van der Waals surface area contributed by atoms with Gasteiger partial charge in [-0.3, -0.25) is 14.5 Å². The van der Waals surface area contributed by atoms with Crippen molar-refractivity contribution in [3.63, 3.8) is 0 Å². The molecule has 0 spiro atoms. The maximum Gasteiger partial charge on any atom is 0.411 e. The molecule has 2 N–H and O–H groups in total. The lowest BCUT2D eigenvalue weighted by molar-refractivity contribution is -0.126. The van der Waals surface area contributed by atoms with Gasteiger partial charge in [0.15, 0.2) is 17.9 Å². The first-order valence-corrected chi connectivity index (χ1v) is 10.9. The molecular weight excluding hydrogens is 457 g/mol. The number of nitrogens with one attached hydrogen (secondary N) is 2. The summed E-state index contributed by atoms with van der Waals surface area (Å²) >= 11 is 0. The van der Waals surface area contributed by atoms with Crippen molar-refractivity contribution in [2.45, 2.75) is 18.7 Å². The Morgan fingerprint density at radius 1 is 1.11 bits per heavy atom. The van der Waals surface area contributed by atoms with Gasteiger partial charge in [-0.25, -0.2) is 9.18 Å². The van der Waals surface area contributed by atoms with Crippen molar-refractivity contribution in [2.24, 2.45) is 0 Å². The average molecular weight is 481 g/mol. The molecule has 3 aromatic rings. The quantitative estimate of drug-likeness (QED) is 0.453. The fourth-order valence-corrected chi connectivity index (χ4v) is 3.78. The second kappa shape index (κ2) is 10.8. The van der Waals surface area contributed by atoms with Crippen LogP contribution in [-0.2, 0) is 20.8 Å². The van der Waals surface area contributed by atoms with Crippen molar-refractivity contribution < 1.29 is 32.7 Å². The maximum absolute atomic E-state index is 13.7. The maximum atomic E-state index is 13.7. The summed E-state index contributed by atoms with van der Waals surface area (Å²) in [6.45, 7) is 0.539. The summed E-state index contributed by atoms with van der Waals surface area (Å²) in [7, 11) is 1.51. The lowest BCUT2D eigenvalue weighted by Crippen LogP contribution is -2.47. The van der Waals surface area contributed by atoms with Crippen LogP contribution >= 0.6 is 0 Å². The van der Waals surface area contributed by atoms with Crippen molar-refractivity contribution in [2.75, 3.05) is 25.6 Å². The number of benzene rings is 2. The first-order valence-electron chi connectivity index (χ1n) is 10.9. The van der Waals surface area contributed by atoms with E-state index in [1.165, 1.54) is 36.5 Å². The molecule has 1 fully saturated rings. The fourth-order valence-electron chi connectivity index (χ4n) is 3.78. The van der Waals surface area contributed by atoms with E-state index in [9.17, 15) is 18.8 Å². The van der Waals surface area contributed by atoms with E-state index in [1.54, 1.807) is 42.5 Å². The van der Waals surface area contributed by atoms with Crippen molar-refractivity contribution in [1.29, 1.82) is 0 Å². The molecule has 0 bridgehead atoms. The van der Waals surface area contributed by atoms with Gasteiger partial charge in [0.1, 0.15) is 5.82 Å². The highest BCUT2D eigenvalue weighted by Crippen LogP contribution is 2.34. The summed E-state index contributed by atoms with van der Waals surface area (Å²) in [6.07, 6.45) is -0.199. The molecule has 0 radical (unpaired) electrons. The number of anilines is 1. The standard InChI is InChI=1S/C25H24FN3O6/c1-33-13-11-27-24(31)21-22(35-25(32)29(21)15-16-4-2-5-18(26)14-16)17-7-9-19(10-8-17)28-23(30)20-6-3-12-34-20/h2-10,12,14,21-22H,11,13,15H2,1H3,(H,27,31)(H,28,30). The van der Waals surface area contributed by atoms with Crippen LogP contribution in [0.4, 0.5) is 14.9 Å². The fraction of sp³-hybridized carbons (Fsp3) is 0.240. The Hall–Kier alpha value is -4.18. The van der Waals surface area contributed by atoms with Crippen LogP contribution in [0.25, 0.3) is 0 Å². The number of rotatable bonds is 9. The zero-order valence-electron chi connectivity index (χ0n) is 18.9. The lowest BCUT2D eigenvalue weighted by atomic mass is 10.00. The van der Waals surface area contributed by atoms with E-state index in [0.29, 0.717) is 23.4 Å². The third kappa shape index (κ3) is 5.67. The second-order valence-electron chi connectivity index (χ2n) is 7.84. The first-order chi connectivity index (χ1) is 17.0. The molecule has 35 heavy (non-hydrogen) atoms. The number of carbonyl (C=O) groups is 3. The van der Waals surface area contributed by atoms with Gasteiger partial charge in [-0.1, -0.05) is 24.3 Å². The number of furan rings is 1. The molecule has 2 heterocycles. The van der Waals surface area contributed by atoms with Crippen LogP contribution in [0, 0.1) is 5.82 Å². The summed E-state index contributed by atoms with van der Waals surface area (Å²) in [5, 5.41) is 5.45. The highest BCUT2D eigenvalue weighted by atomic mass is 19.1. The van der Waals surface area contributed by atoms with Gasteiger partial charge in [0.2, 0.25) is 5.91 Å². The van der Waals surface area contributed by atoms with Crippen LogP contribution in [0.2, 0.25) is 0 Å². The Morgan fingerprint density at radius 2 is 1.91 bits per heavy atom. The number of methoxy groups -OCH3 is 1. The zero-order valence-corrected chi connectivity index (χ0v) is 18.9. The smallest absolute Gasteiger partial charge is 0.411 e. The molecule has 4 rings (SSSR count). The molecule has 2 aromatic carbocycles. The lowest BCUT2D eigenvalue weighted by Gasteiger charge is -2.24. The summed E-state index contributed by atoms with van der Waals surface area (Å²) < 4.78 is 29.3. The minimum atomic E-state index is -0.994. The van der Waals surface area contributed by atoms with E-state index < -0.39 is 35.9 Å². The number of nitrogens with zero attached hydrogens (tertiary/aromatic N) is 1. The molecule has 2 atom stereocenters. The number of carbonyl (C=O) groups excluding carboxylic acids is 3. The Morgan fingerprint density at radius 3 is 2.60 bits per heavy atom. The molecule has 1 aliphatic heterocycles. The van der Waals surface area contributed by atoms with Crippen LogP contribution in [0.5, 0.6) is 0 Å². The number of ether oxygens (including phenoxy) is 2. The highest BCUT2D eigenvalue weighted by Gasteiger charge is 2.46. The predicted molar refractivity (Wildman–Crippen MR) is 123 cm³/mol. The van der Waals surface area contributed by atoms with Crippen molar-refractivity contribution in [3.05, 3.63) is 89.6 Å². The molecule has 0 saturated carbocycles. The van der Waals surface area contributed by atoms with E-state index in [1.807, 2.05) is 0 Å². The molecule has 9 nitrogen and oxygen atoms in total. The molecular formula is C25H24FN3O6. The third-order valence-electron chi connectivity index (χ3n) is 5.44. The summed E-state index contributed by atoms with van der Waals surface area (Å²) in [5.41, 5.74) is 1.58. The third-order valence-corrected chi connectivity index (χ3v) is 5.44. The Bertz CT molecular complexity index is 1180. The zero-order chi connectivity index (χ0) is 24.8. The Labute approximate surface area is 200 Å². The SMILES string of the molecule is COCCNC(=O)C1C(c2ccc(NC(=O)c3ccco3)cc2)OC(=O)N1Cc1cccc(F)c1. The van der Waals surface area contributed by atoms with Crippen molar-refractivity contribution in [1.82, 2.24) is 10.2 Å². The summed E-state index contributed by atoms with van der Waals surface area (Å²) in [5.74, 6) is -1.12. The van der Waals surface area contributed by atoms with Crippen LogP contribution < -0.4 is 10.6 Å². The molecule has 0 aliphatic carbocycles. The van der Waals surface area contributed by atoms with Gasteiger partial charge in [0, 0.05) is 19.3 Å².